The van der Waals surface area contributed by atoms with Gasteiger partial charge in [0.1, 0.15) is 18.2 Å². The molecule has 0 aliphatic heterocycles. The van der Waals surface area contributed by atoms with E-state index in [2.05, 4.69) is 17.4 Å². The summed E-state index contributed by atoms with van der Waals surface area (Å²) in [5, 5.41) is 3.40. The van der Waals surface area contributed by atoms with Crippen molar-refractivity contribution in [2.45, 2.75) is 43.7 Å². The van der Waals surface area contributed by atoms with E-state index in [9.17, 15) is 12.8 Å². The van der Waals surface area contributed by atoms with Crippen LogP contribution in [0.15, 0.2) is 42.5 Å². The highest BCUT2D eigenvalue weighted by Gasteiger charge is 2.35. The lowest BCUT2D eigenvalue weighted by Crippen LogP contribution is -2.35. The number of rotatable bonds is 9. The van der Waals surface area contributed by atoms with Gasteiger partial charge in [-0.15, -0.1) is 0 Å². The van der Waals surface area contributed by atoms with Gasteiger partial charge in [-0.3, -0.25) is 0 Å². The predicted octanol–water partition coefficient (Wildman–Crippen LogP) is 3.10. The fraction of sp³-hybridized carbons (Fsp3) is 0.478. The number of halogens is 1. The first-order valence-electron chi connectivity index (χ1n) is 10.5. The van der Waals surface area contributed by atoms with E-state index in [1.54, 1.807) is 16.4 Å². The van der Waals surface area contributed by atoms with Crippen LogP contribution in [0.2, 0.25) is 0 Å². The third-order valence-electron chi connectivity index (χ3n) is 6.12. The molecule has 0 bridgehead atoms. The summed E-state index contributed by atoms with van der Waals surface area (Å²) < 4.78 is 45.0. The number of hydrogen-bond donors (Lipinski definition) is 1. The standard InChI is InChI=1S/C23H29FN2O3S/c1-25-23-14-17-6-9-20(29-11-10-26(19-7-8-19)30(2,27)28)15-21(17)22(23)13-16-4-3-5-18(24)12-16/h3-6,9,12,15,19,22-23,25H,7-8,10-11,13-14H2,1-2H3. The summed E-state index contributed by atoms with van der Waals surface area (Å²) in [7, 11) is -1.25. The molecule has 0 aromatic heterocycles. The molecule has 7 heteroatoms. The Morgan fingerprint density at radius 1 is 1.20 bits per heavy atom. The zero-order valence-electron chi connectivity index (χ0n) is 17.5. The topological polar surface area (TPSA) is 58.6 Å². The summed E-state index contributed by atoms with van der Waals surface area (Å²) in [6, 6.07) is 13.3. The summed E-state index contributed by atoms with van der Waals surface area (Å²) in [4.78, 5) is 0. The number of hydrogen-bond acceptors (Lipinski definition) is 4. The van der Waals surface area contributed by atoms with E-state index in [4.69, 9.17) is 4.74 Å². The van der Waals surface area contributed by atoms with Gasteiger partial charge in [-0.05, 0) is 73.7 Å². The van der Waals surface area contributed by atoms with Gasteiger partial charge in [0.2, 0.25) is 10.0 Å². The second-order valence-corrected chi connectivity index (χ2v) is 10.3. The molecule has 5 nitrogen and oxygen atoms in total. The average molecular weight is 433 g/mol. The third kappa shape index (κ3) is 4.85. The second kappa shape index (κ2) is 8.65. The van der Waals surface area contributed by atoms with Crippen molar-refractivity contribution in [3.8, 4) is 5.75 Å². The molecule has 0 saturated heterocycles. The zero-order chi connectivity index (χ0) is 21.3. The number of ether oxygens (including phenoxy) is 1. The number of nitrogens with zero attached hydrogens (tertiary/aromatic N) is 1. The van der Waals surface area contributed by atoms with Crippen LogP contribution in [0, 0.1) is 5.82 Å². The van der Waals surface area contributed by atoms with E-state index in [0.29, 0.717) is 13.2 Å². The molecule has 2 aromatic rings. The molecule has 1 saturated carbocycles. The molecule has 0 radical (unpaired) electrons. The lowest BCUT2D eigenvalue weighted by molar-refractivity contribution is 0.269. The molecule has 30 heavy (non-hydrogen) atoms. The monoisotopic (exact) mass is 432 g/mol. The quantitative estimate of drug-likeness (QED) is 0.662. The van der Waals surface area contributed by atoms with E-state index in [-0.39, 0.29) is 23.8 Å². The number of nitrogens with one attached hydrogen (secondary N) is 1. The lowest BCUT2D eigenvalue weighted by Gasteiger charge is -2.21. The Morgan fingerprint density at radius 2 is 2.00 bits per heavy atom. The van der Waals surface area contributed by atoms with Crippen LogP contribution in [0.4, 0.5) is 4.39 Å². The Balaban J connectivity index is 1.46. The Kier molecular flexibility index (Phi) is 6.14. The molecule has 0 spiro atoms. The van der Waals surface area contributed by atoms with Crippen molar-refractivity contribution in [2.24, 2.45) is 0 Å². The Hall–Kier alpha value is -1.96. The molecule has 4 rings (SSSR count). The van der Waals surface area contributed by atoms with Gasteiger partial charge < -0.3 is 10.1 Å². The van der Waals surface area contributed by atoms with Crippen molar-refractivity contribution in [3.63, 3.8) is 0 Å². The summed E-state index contributed by atoms with van der Waals surface area (Å²) in [5.41, 5.74) is 3.48. The van der Waals surface area contributed by atoms with E-state index < -0.39 is 10.0 Å². The van der Waals surface area contributed by atoms with Crippen molar-refractivity contribution < 1.29 is 17.5 Å². The molecule has 2 aliphatic rings. The fourth-order valence-corrected chi connectivity index (χ4v) is 5.66. The third-order valence-corrected chi connectivity index (χ3v) is 7.45. The first-order chi connectivity index (χ1) is 14.3. The van der Waals surface area contributed by atoms with Gasteiger partial charge in [0.15, 0.2) is 0 Å². The first kappa shape index (κ1) is 21.3. The average Bonchev–Trinajstić information content (AvgIpc) is 3.47. The van der Waals surface area contributed by atoms with E-state index in [1.165, 1.54) is 23.4 Å². The van der Waals surface area contributed by atoms with Crippen LogP contribution in [-0.2, 0) is 22.9 Å². The summed E-state index contributed by atoms with van der Waals surface area (Å²) in [6.45, 7) is 0.693. The van der Waals surface area contributed by atoms with Crippen LogP contribution in [0.3, 0.4) is 0 Å². The SMILES string of the molecule is CNC1Cc2ccc(OCCN(C3CC3)S(C)(=O)=O)cc2C1Cc1cccc(F)c1. The maximum atomic E-state index is 13.6. The first-order valence-corrected chi connectivity index (χ1v) is 12.3. The van der Waals surface area contributed by atoms with E-state index in [0.717, 1.165) is 37.0 Å². The van der Waals surface area contributed by atoms with Gasteiger partial charge in [-0.1, -0.05) is 18.2 Å². The van der Waals surface area contributed by atoms with Crippen LogP contribution in [0.1, 0.15) is 35.4 Å². The molecule has 0 heterocycles. The molecule has 2 aliphatic carbocycles. The Bertz CT molecular complexity index is 1010. The van der Waals surface area contributed by atoms with Crippen molar-refractivity contribution in [1.82, 2.24) is 9.62 Å². The molecule has 162 valence electrons. The van der Waals surface area contributed by atoms with Crippen molar-refractivity contribution in [2.75, 3.05) is 26.5 Å². The van der Waals surface area contributed by atoms with E-state index in [1.807, 2.05) is 19.2 Å². The number of benzene rings is 2. The van der Waals surface area contributed by atoms with Gasteiger partial charge in [-0.2, -0.15) is 4.31 Å². The largest absolute Gasteiger partial charge is 0.492 e. The van der Waals surface area contributed by atoms with Gasteiger partial charge >= 0.3 is 0 Å². The molecular formula is C23H29FN2O3S. The highest BCUT2D eigenvalue weighted by Crippen LogP contribution is 2.38. The normalized spacial score (nSPS) is 21.1. The molecule has 2 unspecified atom stereocenters. The second-order valence-electron chi connectivity index (χ2n) is 8.35. The summed E-state index contributed by atoms with van der Waals surface area (Å²) in [5.74, 6) is 0.767. The van der Waals surface area contributed by atoms with E-state index >= 15 is 0 Å². The smallest absolute Gasteiger partial charge is 0.211 e. The maximum absolute atomic E-state index is 13.6. The number of fused-ring (bicyclic) bond motifs is 1. The molecule has 1 fully saturated rings. The van der Waals surface area contributed by atoms with Crippen LogP contribution in [-0.4, -0.2) is 51.3 Å². The highest BCUT2D eigenvalue weighted by atomic mass is 32.2. The zero-order valence-corrected chi connectivity index (χ0v) is 18.3. The molecule has 1 N–H and O–H groups in total. The van der Waals surface area contributed by atoms with Gasteiger partial charge in [0.25, 0.3) is 0 Å². The minimum atomic E-state index is -3.21. The highest BCUT2D eigenvalue weighted by molar-refractivity contribution is 7.88. The molecular weight excluding hydrogens is 403 g/mol. The predicted molar refractivity (Wildman–Crippen MR) is 116 cm³/mol. The Morgan fingerprint density at radius 3 is 2.67 bits per heavy atom. The minimum Gasteiger partial charge on any atom is -0.492 e. The summed E-state index contributed by atoms with van der Waals surface area (Å²) in [6.07, 6.45) is 4.80. The van der Waals surface area contributed by atoms with Crippen LogP contribution < -0.4 is 10.1 Å². The fourth-order valence-electron chi connectivity index (χ4n) is 4.50. The van der Waals surface area contributed by atoms with Gasteiger partial charge in [0.05, 0.1) is 6.26 Å². The van der Waals surface area contributed by atoms with Crippen molar-refractivity contribution >= 4 is 10.0 Å². The molecule has 2 aromatic carbocycles. The van der Waals surface area contributed by atoms with Crippen molar-refractivity contribution in [1.29, 1.82) is 0 Å². The van der Waals surface area contributed by atoms with Crippen molar-refractivity contribution in [3.05, 3.63) is 65.0 Å². The van der Waals surface area contributed by atoms with Gasteiger partial charge in [0, 0.05) is 24.5 Å². The minimum absolute atomic E-state index is 0.135. The van der Waals surface area contributed by atoms with Crippen LogP contribution in [0.25, 0.3) is 0 Å². The maximum Gasteiger partial charge on any atom is 0.211 e. The van der Waals surface area contributed by atoms with Crippen LogP contribution in [0.5, 0.6) is 5.75 Å². The molecule has 2 atom stereocenters. The lowest BCUT2D eigenvalue weighted by atomic mass is 9.91. The Labute approximate surface area is 178 Å². The van der Waals surface area contributed by atoms with Gasteiger partial charge in [-0.25, -0.2) is 12.8 Å². The molecule has 0 amide bonds. The number of likely N-dealkylation sites (N-methyl/N-ethyl adjacent to an activating group) is 1. The summed E-state index contributed by atoms with van der Waals surface area (Å²) >= 11 is 0. The van der Waals surface area contributed by atoms with Crippen LogP contribution >= 0.6 is 0 Å². The number of sulfonamides is 1.